The SMILES string of the molecule is CCc1ccccc1OCCNC(=O)Cc1ccc(F)cc1. The van der Waals surface area contributed by atoms with E-state index in [0.717, 1.165) is 23.3 Å². The molecule has 116 valence electrons. The van der Waals surface area contributed by atoms with Crippen LogP contribution in [-0.2, 0) is 17.6 Å². The summed E-state index contributed by atoms with van der Waals surface area (Å²) in [7, 11) is 0. The molecule has 2 rings (SSSR count). The van der Waals surface area contributed by atoms with E-state index in [4.69, 9.17) is 4.74 Å². The monoisotopic (exact) mass is 301 g/mol. The zero-order valence-electron chi connectivity index (χ0n) is 12.6. The average molecular weight is 301 g/mol. The highest BCUT2D eigenvalue weighted by Gasteiger charge is 2.04. The fourth-order valence-corrected chi connectivity index (χ4v) is 2.14. The van der Waals surface area contributed by atoms with Crippen LogP contribution in [0.25, 0.3) is 0 Å². The smallest absolute Gasteiger partial charge is 0.224 e. The van der Waals surface area contributed by atoms with Gasteiger partial charge in [-0.15, -0.1) is 0 Å². The second kappa shape index (κ2) is 8.17. The summed E-state index contributed by atoms with van der Waals surface area (Å²) in [5.74, 6) is 0.462. The summed E-state index contributed by atoms with van der Waals surface area (Å²) in [6.45, 7) is 2.94. The average Bonchev–Trinajstić information content (AvgIpc) is 2.54. The highest BCUT2D eigenvalue weighted by atomic mass is 19.1. The number of benzene rings is 2. The van der Waals surface area contributed by atoms with E-state index >= 15 is 0 Å². The van der Waals surface area contributed by atoms with Crippen LogP contribution in [0.2, 0.25) is 0 Å². The number of amides is 1. The van der Waals surface area contributed by atoms with Gasteiger partial charge in [0.05, 0.1) is 13.0 Å². The maximum atomic E-state index is 12.8. The van der Waals surface area contributed by atoms with Gasteiger partial charge in [0, 0.05) is 0 Å². The molecular weight excluding hydrogens is 281 g/mol. The quantitative estimate of drug-likeness (QED) is 0.798. The Bertz CT molecular complexity index is 611. The van der Waals surface area contributed by atoms with Crippen LogP contribution in [-0.4, -0.2) is 19.1 Å². The molecule has 0 heterocycles. The molecule has 1 N–H and O–H groups in total. The zero-order chi connectivity index (χ0) is 15.8. The zero-order valence-corrected chi connectivity index (χ0v) is 12.6. The van der Waals surface area contributed by atoms with Crippen molar-refractivity contribution in [1.82, 2.24) is 5.32 Å². The molecule has 0 atom stereocenters. The molecule has 0 saturated heterocycles. The molecule has 0 fully saturated rings. The van der Waals surface area contributed by atoms with Crippen LogP contribution in [0.4, 0.5) is 4.39 Å². The Morgan fingerprint density at radius 3 is 2.59 bits per heavy atom. The first-order valence-electron chi connectivity index (χ1n) is 7.41. The highest BCUT2D eigenvalue weighted by Crippen LogP contribution is 2.17. The third-order valence-corrected chi connectivity index (χ3v) is 3.31. The van der Waals surface area contributed by atoms with Crippen LogP contribution in [0, 0.1) is 5.82 Å². The van der Waals surface area contributed by atoms with Crippen LogP contribution >= 0.6 is 0 Å². The van der Waals surface area contributed by atoms with E-state index in [0.29, 0.717) is 13.2 Å². The first-order chi connectivity index (χ1) is 10.7. The van der Waals surface area contributed by atoms with Gasteiger partial charge in [0.25, 0.3) is 0 Å². The van der Waals surface area contributed by atoms with Gasteiger partial charge in [0.1, 0.15) is 18.2 Å². The van der Waals surface area contributed by atoms with Gasteiger partial charge >= 0.3 is 0 Å². The number of nitrogens with one attached hydrogen (secondary N) is 1. The number of ether oxygens (including phenoxy) is 1. The summed E-state index contributed by atoms with van der Waals surface area (Å²) in [4.78, 5) is 11.8. The van der Waals surface area contributed by atoms with Crippen molar-refractivity contribution in [2.45, 2.75) is 19.8 Å². The molecule has 3 nitrogen and oxygen atoms in total. The van der Waals surface area contributed by atoms with Crippen molar-refractivity contribution in [3.63, 3.8) is 0 Å². The summed E-state index contributed by atoms with van der Waals surface area (Å²) < 4.78 is 18.5. The van der Waals surface area contributed by atoms with Crippen LogP contribution in [0.3, 0.4) is 0 Å². The number of hydrogen-bond donors (Lipinski definition) is 1. The van der Waals surface area contributed by atoms with Gasteiger partial charge in [-0.25, -0.2) is 4.39 Å². The predicted molar refractivity (Wildman–Crippen MR) is 84.4 cm³/mol. The molecule has 0 aliphatic rings. The Balaban J connectivity index is 1.72. The second-order valence-electron chi connectivity index (χ2n) is 4.96. The number of rotatable bonds is 7. The van der Waals surface area contributed by atoms with Crippen LogP contribution in [0.1, 0.15) is 18.1 Å². The number of halogens is 1. The van der Waals surface area contributed by atoms with E-state index in [9.17, 15) is 9.18 Å². The molecule has 22 heavy (non-hydrogen) atoms. The Labute approximate surface area is 130 Å². The van der Waals surface area contributed by atoms with Crippen molar-refractivity contribution in [3.8, 4) is 5.75 Å². The van der Waals surface area contributed by atoms with Crippen molar-refractivity contribution in [3.05, 3.63) is 65.5 Å². The second-order valence-corrected chi connectivity index (χ2v) is 4.96. The maximum Gasteiger partial charge on any atom is 0.224 e. The van der Waals surface area contributed by atoms with Crippen LogP contribution in [0.5, 0.6) is 5.75 Å². The fraction of sp³-hybridized carbons (Fsp3) is 0.278. The summed E-state index contributed by atoms with van der Waals surface area (Å²) in [6.07, 6.45) is 1.15. The molecule has 0 unspecified atom stereocenters. The van der Waals surface area contributed by atoms with Gasteiger partial charge in [-0.05, 0) is 35.7 Å². The summed E-state index contributed by atoms with van der Waals surface area (Å²) in [5.41, 5.74) is 1.94. The van der Waals surface area contributed by atoms with Gasteiger partial charge in [-0.2, -0.15) is 0 Å². The van der Waals surface area contributed by atoms with Crippen LogP contribution in [0.15, 0.2) is 48.5 Å². The van der Waals surface area contributed by atoms with E-state index in [1.807, 2.05) is 24.3 Å². The maximum absolute atomic E-state index is 12.8. The van der Waals surface area contributed by atoms with E-state index in [-0.39, 0.29) is 18.1 Å². The van der Waals surface area contributed by atoms with E-state index in [2.05, 4.69) is 12.2 Å². The standard InChI is InChI=1S/C18H20FNO2/c1-2-15-5-3-4-6-17(15)22-12-11-20-18(21)13-14-7-9-16(19)10-8-14/h3-10H,2,11-13H2,1H3,(H,20,21). The lowest BCUT2D eigenvalue weighted by atomic mass is 10.1. The largest absolute Gasteiger partial charge is 0.491 e. The molecule has 0 spiro atoms. The summed E-state index contributed by atoms with van der Waals surface area (Å²) in [6, 6.07) is 13.8. The number of carbonyl (C=O) groups excluding carboxylic acids is 1. The molecule has 0 aromatic heterocycles. The number of aryl methyl sites for hydroxylation is 1. The summed E-state index contributed by atoms with van der Waals surface area (Å²) >= 11 is 0. The number of hydrogen-bond acceptors (Lipinski definition) is 2. The molecule has 4 heteroatoms. The van der Waals surface area contributed by atoms with Crippen molar-refractivity contribution in [2.75, 3.05) is 13.2 Å². The number of para-hydroxylation sites is 1. The normalized spacial score (nSPS) is 10.3. The molecule has 1 amide bonds. The Hall–Kier alpha value is -2.36. The number of carbonyl (C=O) groups is 1. The molecule has 0 aliphatic heterocycles. The van der Waals surface area contributed by atoms with Crippen molar-refractivity contribution in [1.29, 1.82) is 0 Å². The van der Waals surface area contributed by atoms with E-state index in [1.165, 1.54) is 12.1 Å². The van der Waals surface area contributed by atoms with Gasteiger partial charge in [0.15, 0.2) is 0 Å². The van der Waals surface area contributed by atoms with Gasteiger partial charge in [-0.3, -0.25) is 4.79 Å². The highest BCUT2D eigenvalue weighted by molar-refractivity contribution is 5.78. The minimum atomic E-state index is -0.299. The minimum absolute atomic E-state index is 0.0982. The first kappa shape index (κ1) is 16.0. The third-order valence-electron chi connectivity index (χ3n) is 3.31. The molecule has 2 aromatic carbocycles. The van der Waals surface area contributed by atoms with Gasteiger partial charge in [-0.1, -0.05) is 37.3 Å². The minimum Gasteiger partial charge on any atom is -0.491 e. The van der Waals surface area contributed by atoms with Crippen LogP contribution < -0.4 is 10.1 Å². The van der Waals surface area contributed by atoms with Crippen molar-refractivity contribution >= 4 is 5.91 Å². The Morgan fingerprint density at radius 1 is 1.14 bits per heavy atom. The lowest BCUT2D eigenvalue weighted by molar-refractivity contribution is -0.120. The molecule has 0 aliphatic carbocycles. The lowest BCUT2D eigenvalue weighted by Gasteiger charge is -2.11. The molecule has 0 bridgehead atoms. The van der Waals surface area contributed by atoms with E-state index in [1.54, 1.807) is 12.1 Å². The molecule has 0 radical (unpaired) electrons. The van der Waals surface area contributed by atoms with Crippen molar-refractivity contribution < 1.29 is 13.9 Å². The van der Waals surface area contributed by atoms with Gasteiger partial charge < -0.3 is 10.1 Å². The predicted octanol–water partition coefficient (Wildman–Crippen LogP) is 3.13. The Kier molecular flexibility index (Phi) is 5.95. The molecular formula is C18H20FNO2. The van der Waals surface area contributed by atoms with E-state index < -0.39 is 0 Å². The van der Waals surface area contributed by atoms with Crippen molar-refractivity contribution in [2.24, 2.45) is 0 Å². The fourth-order valence-electron chi connectivity index (χ4n) is 2.14. The summed E-state index contributed by atoms with van der Waals surface area (Å²) in [5, 5.41) is 2.80. The topological polar surface area (TPSA) is 38.3 Å². The first-order valence-corrected chi connectivity index (χ1v) is 7.41. The molecule has 0 saturated carbocycles. The molecule has 2 aromatic rings. The lowest BCUT2D eigenvalue weighted by Crippen LogP contribution is -2.29. The third kappa shape index (κ3) is 4.88. The van der Waals surface area contributed by atoms with Gasteiger partial charge in [0.2, 0.25) is 5.91 Å². The Morgan fingerprint density at radius 2 is 1.86 bits per heavy atom.